The van der Waals surface area contributed by atoms with Crippen molar-refractivity contribution in [1.82, 2.24) is 14.7 Å². The largest absolute Gasteiger partial charge is 0.389 e. The maximum absolute atomic E-state index is 11.3. The van der Waals surface area contributed by atoms with Gasteiger partial charge in [-0.2, -0.15) is 0 Å². The summed E-state index contributed by atoms with van der Waals surface area (Å²) in [4.78, 5) is 13.4. The van der Waals surface area contributed by atoms with E-state index in [0.717, 1.165) is 46.7 Å². The fraction of sp³-hybridized carbons (Fsp3) is 0.500. The molecule has 4 rings (SSSR count). The summed E-state index contributed by atoms with van der Waals surface area (Å²) in [7, 11) is -3.21. The highest BCUT2D eigenvalue weighted by Crippen LogP contribution is 2.36. The van der Waals surface area contributed by atoms with Crippen molar-refractivity contribution in [3.63, 3.8) is 0 Å². The average Bonchev–Trinajstić information content (AvgIpc) is 3.17. The number of nitrogens with zero attached hydrogens (tertiary/aromatic N) is 3. The summed E-state index contributed by atoms with van der Waals surface area (Å²) in [6.07, 6.45) is 3.88. The Kier molecular flexibility index (Phi) is 4.27. The number of β-amino-alcohol motifs (C(OH)–C–C–N with tert-alkyl or cyclic N) is 1. The van der Waals surface area contributed by atoms with Gasteiger partial charge in [0.1, 0.15) is 0 Å². The number of aromatic nitrogens is 2. The zero-order valence-corrected chi connectivity index (χ0v) is 15.5. The van der Waals surface area contributed by atoms with Crippen LogP contribution in [0.5, 0.6) is 0 Å². The second kappa shape index (κ2) is 6.31. The molecule has 0 aromatic carbocycles. The normalized spacial score (nSPS) is 17.6. The highest BCUT2D eigenvalue weighted by atomic mass is 32.2. The van der Waals surface area contributed by atoms with E-state index in [9.17, 15) is 13.5 Å². The molecular formula is C16H20N4O3S2. The van der Waals surface area contributed by atoms with Crippen molar-refractivity contribution >= 4 is 27.3 Å². The summed E-state index contributed by atoms with van der Waals surface area (Å²) in [5.74, 6) is 0.685. The molecule has 134 valence electrons. The molecule has 1 fully saturated rings. The van der Waals surface area contributed by atoms with Crippen LogP contribution in [0.3, 0.4) is 0 Å². The zero-order valence-electron chi connectivity index (χ0n) is 13.9. The molecule has 2 N–H and O–H groups in total. The summed E-state index contributed by atoms with van der Waals surface area (Å²) in [6.45, 7) is 1.44. The van der Waals surface area contributed by atoms with Gasteiger partial charge in [0, 0.05) is 35.8 Å². The van der Waals surface area contributed by atoms with E-state index >= 15 is 0 Å². The van der Waals surface area contributed by atoms with E-state index in [4.69, 9.17) is 4.98 Å². The number of aliphatic hydroxyl groups excluding tert-OH is 1. The first-order chi connectivity index (χ1) is 11.9. The molecule has 0 saturated carbocycles. The van der Waals surface area contributed by atoms with Crippen LogP contribution < -0.4 is 9.62 Å². The van der Waals surface area contributed by atoms with Gasteiger partial charge in [0.05, 0.1) is 22.9 Å². The molecule has 7 nitrogen and oxygen atoms in total. The first-order valence-electron chi connectivity index (χ1n) is 8.25. The van der Waals surface area contributed by atoms with Gasteiger partial charge in [-0.1, -0.05) is 0 Å². The van der Waals surface area contributed by atoms with Crippen LogP contribution in [0.1, 0.15) is 22.6 Å². The molecule has 9 heteroatoms. The number of sulfonamides is 1. The van der Waals surface area contributed by atoms with E-state index < -0.39 is 10.0 Å². The molecule has 0 unspecified atom stereocenters. The van der Waals surface area contributed by atoms with Crippen LogP contribution >= 0.6 is 11.3 Å². The van der Waals surface area contributed by atoms with Crippen LogP contribution in [0.25, 0.3) is 10.6 Å². The summed E-state index contributed by atoms with van der Waals surface area (Å²) in [5.41, 5.74) is 3.26. The third-order valence-corrected chi connectivity index (χ3v) is 6.23. The van der Waals surface area contributed by atoms with Crippen molar-refractivity contribution in [1.29, 1.82) is 0 Å². The van der Waals surface area contributed by atoms with Crippen molar-refractivity contribution in [3.8, 4) is 10.6 Å². The molecule has 0 bridgehead atoms. The number of anilines is 1. The minimum Gasteiger partial charge on any atom is -0.389 e. The molecule has 25 heavy (non-hydrogen) atoms. The lowest BCUT2D eigenvalue weighted by Crippen LogP contribution is -2.51. The van der Waals surface area contributed by atoms with Gasteiger partial charge in [-0.05, 0) is 31.4 Å². The van der Waals surface area contributed by atoms with Crippen LogP contribution in [-0.4, -0.2) is 48.9 Å². The second-order valence-electron chi connectivity index (χ2n) is 6.57. The highest BCUT2D eigenvalue weighted by Gasteiger charge is 2.29. The Labute approximate surface area is 150 Å². The van der Waals surface area contributed by atoms with E-state index in [2.05, 4.69) is 9.71 Å². The number of rotatable bonds is 5. The van der Waals surface area contributed by atoms with Crippen molar-refractivity contribution in [2.45, 2.75) is 31.9 Å². The first-order valence-corrected chi connectivity index (χ1v) is 11.0. The smallest absolute Gasteiger partial charge is 0.226 e. The van der Waals surface area contributed by atoms with E-state index in [1.54, 1.807) is 11.3 Å². The monoisotopic (exact) mass is 380 g/mol. The van der Waals surface area contributed by atoms with Gasteiger partial charge in [-0.3, -0.25) is 0 Å². The van der Waals surface area contributed by atoms with Gasteiger partial charge in [-0.25, -0.2) is 23.1 Å². The maximum atomic E-state index is 11.3. The number of hydrogen-bond donors (Lipinski definition) is 2. The molecule has 1 aliphatic heterocycles. The zero-order chi connectivity index (χ0) is 17.6. The lowest BCUT2D eigenvalue weighted by atomic mass is 10.1. The fourth-order valence-electron chi connectivity index (χ4n) is 3.19. The first kappa shape index (κ1) is 16.9. The topological polar surface area (TPSA) is 95.4 Å². The Bertz CT molecular complexity index is 904. The third-order valence-electron chi connectivity index (χ3n) is 4.47. The molecule has 0 atom stereocenters. The number of hydrogen-bond acceptors (Lipinski definition) is 7. The van der Waals surface area contributed by atoms with Crippen LogP contribution in [0.15, 0.2) is 12.1 Å². The van der Waals surface area contributed by atoms with Gasteiger partial charge in [0.15, 0.2) is 0 Å². The lowest BCUT2D eigenvalue weighted by molar-refractivity contribution is 0.140. The van der Waals surface area contributed by atoms with Crippen molar-refractivity contribution in [3.05, 3.63) is 28.3 Å². The van der Waals surface area contributed by atoms with Crippen LogP contribution in [0, 0.1) is 0 Å². The Morgan fingerprint density at radius 3 is 2.84 bits per heavy atom. The number of nitrogens with one attached hydrogen (secondary N) is 1. The Morgan fingerprint density at radius 2 is 2.12 bits per heavy atom. The quantitative estimate of drug-likeness (QED) is 0.801. The van der Waals surface area contributed by atoms with Crippen molar-refractivity contribution in [2.24, 2.45) is 0 Å². The van der Waals surface area contributed by atoms with Crippen molar-refractivity contribution < 1.29 is 13.5 Å². The average molecular weight is 380 g/mol. The summed E-state index contributed by atoms with van der Waals surface area (Å²) in [5, 5.41) is 9.54. The van der Waals surface area contributed by atoms with Gasteiger partial charge in [0.25, 0.3) is 0 Å². The molecule has 1 aliphatic carbocycles. The predicted molar refractivity (Wildman–Crippen MR) is 97.3 cm³/mol. The van der Waals surface area contributed by atoms with Gasteiger partial charge in [-0.15, -0.1) is 11.3 Å². The molecular weight excluding hydrogens is 360 g/mol. The SMILES string of the molecule is CS(=O)(=O)NCc1ccc(-c2nc(N3CC(O)C3)nc3c2CCC3)s1. The number of fused-ring (bicyclic) bond motifs is 1. The lowest BCUT2D eigenvalue weighted by Gasteiger charge is -2.36. The molecule has 1 saturated heterocycles. The number of aliphatic hydroxyl groups is 1. The minimum absolute atomic E-state index is 0.294. The molecule has 0 amide bonds. The van der Waals surface area contributed by atoms with E-state index in [-0.39, 0.29) is 6.10 Å². The Morgan fingerprint density at radius 1 is 1.32 bits per heavy atom. The Hall–Kier alpha value is -1.55. The maximum Gasteiger partial charge on any atom is 0.226 e. The van der Waals surface area contributed by atoms with Crippen LogP contribution in [0.2, 0.25) is 0 Å². The van der Waals surface area contributed by atoms with E-state index in [1.807, 2.05) is 17.0 Å². The summed E-state index contributed by atoms with van der Waals surface area (Å²) in [6, 6.07) is 3.94. The molecule has 0 spiro atoms. The van der Waals surface area contributed by atoms with Crippen LogP contribution in [-0.2, 0) is 29.4 Å². The highest BCUT2D eigenvalue weighted by molar-refractivity contribution is 7.88. The van der Waals surface area contributed by atoms with Gasteiger partial charge < -0.3 is 10.0 Å². The number of aryl methyl sites for hydroxylation is 1. The molecule has 0 radical (unpaired) electrons. The predicted octanol–water partition coefficient (Wildman–Crippen LogP) is 0.924. The molecule has 3 heterocycles. The van der Waals surface area contributed by atoms with E-state index in [1.165, 1.54) is 5.56 Å². The molecule has 2 aliphatic rings. The van der Waals surface area contributed by atoms with E-state index in [0.29, 0.717) is 25.6 Å². The molecule has 2 aromatic heterocycles. The minimum atomic E-state index is -3.21. The van der Waals surface area contributed by atoms with Crippen LogP contribution in [0.4, 0.5) is 5.95 Å². The van der Waals surface area contributed by atoms with Crippen molar-refractivity contribution in [2.75, 3.05) is 24.2 Å². The fourth-order valence-corrected chi connectivity index (χ4v) is 4.66. The summed E-state index contributed by atoms with van der Waals surface area (Å²) < 4.78 is 25.1. The van der Waals surface area contributed by atoms with Gasteiger partial charge >= 0.3 is 0 Å². The Balaban J connectivity index is 1.64. The summed E-state index contributed by atoms with van der Waals surface area (Å²) >= 11 is 1.55. The molecule has 2 aromatic rings. The van der Waals surface area contributed by atoms with Gasteiger partial charge in [0.2, 0.25) is 16.0 Å². The second-order valence-corrected chi connectivity index (χ2v) is 9.57. The number of thiophene rings is 1. The standard InChI is InChI=1S/C16H20N4O3S2/c1-25(22,23)17-7-11-5-6-14(24-11)15-12-3-2-4-13(12)18-16(19-15)20-8-10(21)9-20/h5-6,10,17,21H,2-4,7-9H2,1H3. The third kappa shape index (κ3) is 3.55.